The summed E-state index contributed by atoms with van der Waals surface area (Å²) < 4.78 is 5.04. The van der Waals surface area contributed by atoms with Crippen LogP contribution >= 0.6 is 11.6 Å². The van der Waals surface area contributed by atoms with Crippen molar-refractivity contribution in [2.24, 2.45) is 5.10 Å². The predicted molar refractivity (Wildman–Crippen MR) is 96.0 cm³/mol. The Kier molecular flexibility index (Phi) is 7.33. The normalized spacial score (nSPS) is 10.4. The first kappa shape index (κ1) is 19.9. The second kappa shape index (κ2) is 9.93. The van der Waals surface area contributed by atoms with Crippen molar-refractivity contribution < 1.29 is 24.2 Å². The van der Waals surface area contributed by atoms with Crippen molar-refractivity contribution in [2.45, 2.75) is 6.54 Å². The van der Waals surface area contributed by atoms with E-state index in [1.807, 2.05) is 0 Å². The minimum atomic E-state index is -1.37. The number of halogens is 1. The summed E-state index contributed by atoms with van der Waals surface area (Å²) in [6.07, 6.45) is 1.23. The van der Waals surface area contributed by atoms with E-state index in [-0.39, 0.29) is 12.3 Å². The number of benzene rings is 2. The van der Waals surface area contributed by atoms with Crippen LogP contribution < -0.4 is 20.6 Å². The third-order valence-corrected chi connectivity index (χ3v) is 3.46. The summed E-state index contributed by atoms with van der Waals surface area (Å²) in [5.74, 6) is -2.93. The molecule has 0 spiro atoms. The van der Waals surface area contributed by atoms with Crippen LogP contribution in [0.15, 0.2) is 53.6 Å². The van der Waals surface area contributed by atoms with E-state index in [9.17, 15) is 19.5 Å². The van der Waals surface area contributed by atoms with Crippen molar-refractivity contribution in [2.75, 3.05) is 6.61 Å². The van der Waals surface area contributed by atoms with Crippen LogP contribution in [-0.2, 0) is 20.9 Å². The fraction of sp³-hybridized carbons (Fsp3) is 0.111. The lowest BCUT2D eigenvalue weighted by molar-refractivity contribution is -0.307. The highest BCUT2D eigenvalue weighted by molar-refractivity contribution is 6.35. The van der Waals surface area contributed by atoms with Gasteiger partial charge in [0.1, 0.15) is 12.4 Å². The Morgan fingerprint density at radius 2 is 1.78 bits per heavy atom. The molecule has 0 aromatic heterocycles. The Hall–Kier alpha value is -3.39. The maximum Gasteiger partial charge on any atom is 0.329 e. The molecule has 0 aliphatic heterocycles. The minimum absolute atomic E-state index is 0.160. The van der Waals surface area contributed by atoms with Gasteiger partial charge >= 0.3 is 11.8 Å². The summed E-state index contributed by atoms with van der Waals surface area (Å²) in [5, 5.41) is 17.2. The van der Waals surface area contributed by atoms with Gasteiger partial charge in [-0.15, -0.1) is 0 Å². The van der Waals surface area contributed by atoms with Crippen LogP contribution in [0.1, 0.15) is 11.1 Å². The Labute approximate surface area is 159 Å². The number of hydrazone groups is 1. The predicted octanol–water partition coefficient (Wildman–Crippen LogP) is 0.235. The first-order valence-corrected chi connectivity index (χ1v) is 8.11. The number of hydrogen-bond acceptors (Lipinski definition) is 6. The molecule has 0 aliphatic rings. The molecule has 2 aromatic carbocycles. The molecule has 0 bridgehead atoms. The number of nitrogens with one attached hydrogen (secondary N) is 2. The molecular formula is C18H15ClN3O5-. The van der Waals surface area contributed by atoms with Crippen molar-refractivity contribution in [1.82, 2.24) is 10.7 Å². The summed E-state index contributed by atoms with van der Waals surface area (Å²) >= 11 is 5.77. The van der Waals surface area contributed by atoms with Gasteiger partial charge in [0.15, 0.2) is 0 Å². The number of amides is 2. The summed E-state index contributed by atoms with van der Waals surface area (Å²) in [6, 6.07) is 13.2. The molecule has 2 N–H and O–H groups in total. The highest BCUT2D eigenvalue weighted by Crippen LogP contribution is 2.15. The molecule has 0 radical (unpaired) electrons. The first-order valence-electron chi connectivity index (χ1n) is 7.73. The zero-order chi connectivity index (χ0) is 19.6. The van der Waals surface area contributed by atoms with E-state index < -0.39 is 24.4 Å². The second-order valence-corrected chi connectivity index (χ2v) is 5.64. The third-order valence-electron chi connectivity index (χ3n) is 3.21. The van der Waals surface area contributed by atoms with Crippen LogP contribution in [0.3, 0.4) is 0 Å². The Bertz CT molecular complexity index is 852. The van der Waals surface area contributed by atoms with Crippen molar-refractivity contribution in [3.8, 4) is 5.75 Å². The van der Waals surface area contributed by atoms with Crippen LogP contribution in [0.4, 0.5) is 0 Å². The van der Waals surface area contributed by atoms with E-state index in [1.54, 1.807) is 42.5 Å². The quantitative estimate of drug-likeness (QED) is 0.400. The lowest BCUT2D eigenvalue weighted by atomic mass is 10.2. The zero-order valence-electron chi connectivity index (χ0n) is 14.0. The number of carboxylic acid groups (broad SMARTS) is 1. The Morgan fingerprint density at radius 3 is 2.48 bits per heavy atom. The number of para-hydroxylation sites is 1. The molecule has 0 unspecified atom stereocenters. The molecule has 0 heterocycles. The van der Waals surface area contributed by atoms with Gasteiger partial charge in [0, 0.05) is 17.1 Å². The van der Waals surface area contributed by atoms with Crippen LogP contribution in [-0.4, -0.2) is 30.6 Å². The molecule has 0 saturated heterocycles. The molecule has 0 fully saturated rings. The van der Waals surface area contributed by atoms with Crippen LogP contribution in [0.2, 0.25) is 5.02 Å². The van der Waals surface area contributed by atoms with Crippen molar-refractivity contribution >= 4 is 35.6 Å². The molecular weight excluding hydrogens is 374 g/mol. The topological polar surface area (TPSA) is 120 Å². The second-order valence-electron chi connectivity index (χ2n) is 5.21. The van der Waals surface area contributed by atoms with Gasteiger partial charge in [-0.05, 0) is 29.8 Å². The number of carbonyl (C=O) groups is 3. The zero-order valence-corrected chi connectivity index (χ0v) is 14.7. The Balaban J connectivity index is 1.86. The van der Waals surface area contributed by atoms with Gasteiger partial charge in [0.05, 0.1) is 12.2 Å². The third kappa shape index (κ3) is 6.79. The Morgan fingerprint density at radius 1 is 1.07 bits per heavy atom. The lowest BCUT2D eigenvalue weighted by Crippen LogP contribution is -2.37. The summed E-state index contributed by atoms with van der Waals surface area (Å²) in [6.45, 7) is -0.461. The number of nitrogens with zero attached hydrogens (tertiary/aromatic N) is 1. The van der Waals surface area contributed by atoms with E-state index in [0.717, 1.165) is 5.56 Å². The van der Waals surface area contributed by atoms with Crippen molar-refractivity contribution in [3.05, 3.63) is 64.7 Å². The molecule has 9 heteroatoms. The number of aliphatic carboxylic acids is 1. The smallest absolute Gasteiger partial charge is 0.329 e. The largest absolute Gasteiger partial charge is 0.546 e. The maximum absolute atomic E-state index is 11.8. The van der Waals surface area contributed by atoms with Gasteiger partial charge in [0.25, 0.3) is 0 Å². The fourth-order valence-electron chi connectivity index (χ4n) is 1.93. The highest BCUT2D eigenvalue weighted by Gasteiger charge is 2.12. The number of carbonyl (C=O) groups excluding carboxylic acids is 3. The number of ether oxygens (including phenoxy) is 1. The van der Waals surface area contributed by atoms with Gasteiger partial charge in [-0.25, -0.2) is 5.43 Å². The summed E-state index contributed by atoms with van der Waals surface area (Å²) in [4.78, 5) is 33.9. The highest BCUT2D eigenvalue weighted by atomic mass is 35.5. The van der Waals surface area contributed by atoms with Crippen molar-refractivity contribution in [1.29, 1.82) is 0 Å². The van der Waals surface area contributed by atoms with Gasteiger partial charge in [-0.3, -0.25) is 9.59 Å². The van der Waals surface area contributed by atoms with Gasteiger partial charge in [0.2, 0.25) is 0 Å². The summed E-state index contributed by atoms with van der Waals surface area (Å²) in [7, 11) is 0. The van der Waals surface area contributed by atoms with E-state index in [0.29, 0.717) is 10.6 Å². The van der Waals surface area contributed by atoms with Crippen LogP contribution in [0.5, 0.6) is 5.75 Å². The number of hydrogen-bond donors (Lipinski definition) is 2. The molecule has 2 rings (SSSR count). The van der Waals surface area contributed by atoms with E-state index >= 15 is 0 Å². The van der Waals surface area contributed by atoms with Gasteiger partial charge < -0.3 is 20.0 Å². The van der Waals surface area contributed by atoms with E-state index in [4.69, 9.17) is 16.3 Å². The molecule has 0 saturated carbocycles. The number of carboxylic acids is 1. The maximum atomic E-state index is 11.8. The van der Waals surface area contributed by atoms with Crippen LogP contribution in [0, 0.1) is 0 Å². The summed E-state index contributed by atoms with van der Waals surface area (Å²) in [5.41, 5.74) is 3.28. The molecule has 0 aliphatic carbocycles. The fourth-order valence-corrected chi connectivity index (χ4v) is 2.06. The minimum Gasteiger partial charge on any atom is -0.546 e. The lowest BCUT2D eigenvalue weighted by Gasteiger charge is -2.09. The SMILES string of the molecule is O=C([O-])COc1ccccc1/C=N\NC(=O)C(=O)NCc1ccc(Cl)cc1. The first-order chi connectivity index (χ1) is 13.0. The molecule has 140 valence electrons. The molecule has 27 heavy (non-hydrogen) atoms. The monoisotopic (exact) mass is 388 g/mol. The standard InChI is InChI=1S/C18H16ClN3O5/c19-14-7-5-12(6-8-14)9-20-17(25)18(26)22-21-10-13-3-1-2-4-15(13)27-11-16(23)24/h1-8,10H,9,11H2,(H,20,25)(H,22,26)(H,23,24)/p-1/b21-10-. The van der Waals surface area contributed by atoms with E-state index in [1.165, 1.54) is 12.3 Å². The van der Waals surface area contributed by atoms with Gasteiger partial charge in [-0.1, -0.05) is 35.9 Å². The molecule has 2 amide bonds. The van der Waals surface area contributed by atoms with Gasteiger partial charge in [-0.2, -0.15) is 5.10 Å². The molecule has 8 nitrogen and oxygen atoms in total. The van der Waals surface area contributed by atoms with Crippen LogP contribution in [0.25, 0.3) is 0 Å². The average molecular weight is 389 g/mol. The number of rotatable bonds is 7. The molecule has 0 atom stereocenters. The average Bonchev–Trinajstić information content (AvgIpc) is 2.66. The van der Waals surface area contributed by atoms with Crippen molar-refractivity contribution in [3.63, 3.8) is 0 Å². The molecule has 2 aromatic rings. The van der Waals surface area contributed by atoms with E-state index in [2.05, 4.69) is 15.8 Å².